The summed E-state index contributed by atoms with van der Waals surface area (Å²) >= 11 is 0. The van der Waals surface area contributed by atoms with Gasteiger partial charge in [0, 0.05) is 57.9 Å². The van der Waals surface area contributed by atoms with Gasteiger partial charge in [-0.25, -0.2) is 0 Å². The molecule has 0 saturated carbocycles. The van der Waals surface area contributed by atoms with E-state index in [-0.39, 0.29) is 11.8 Å². The normalized spacial score (nSPS) is 26.2. The minimum Gasteiger partial charge on any atom is -0.340 e. The number of nitrogens with two attached hydrogens (primary N) is 1. The lowest BCUT2D eigenvalue weighted by atomic mass is 9.97. The molecule has 0 unspecified atom stereocenters. The number of carbonyl (C=O) groups excluding carboxylic acids is 1. The van der Waals surface area contributed by atoms with E-state index in [1.165, 1.54) is 12.8 Å². The molecule has 3 atom stereocenters. The number of nitrogens with zero attached hydrogens (tertiary/aromatic N) is 3. The van der Waals surface area contributed by atoms with Gasteiger partial charge in [0.15, 0.2) is 0 Å². The molecule has 1 aromatic carbocycles. The van der Waals surface area contributed by atoms with Crippen LogP contribution in [0.2, 0.25) is 0 Å². The molecule has 1 aromatic rings. The van der Waals surface area contributed by atoms with E-state index in [0.717, 1.165) is 44.8 Å². The van der Waals surface area contributed by atoms with Crippen LogP contribution in [-0.2, 0) is 4.79 Å². The molecule has 2 aliphatic rings. The van der Waals surface area contributed by atoms with Gasteiger partial charge < -0.3 is 10.6 Å². The Kier molecular flexibility index (Phi) is 6.68. The molecule has 2 saturated heterocycles. The van der Waals surface area contributed by atoms with Crippen molar-refractivity contribution in [2.24, 2.45) is 5.73 Å². The number of benzene rings is 1. The molecule has 26 heavy (non-hydrogen) atoms. The van der Waals surface area contributed by atoms with Gasteiger partial charge in [0.25, 0.3) is 0 Å². The van der Waals surface area contributed by atoms with Gasteiger partial charge in [-0.15, -0.1) is 0 Å². The summed E-state index contributed by atoms with van der Waals surface area (Å²) in [7, 11) is 0. The third-order valence-corrected chi connectivity index (χ3v) is 6.23. The van der Waals surface area contributed by atoms with Gasteiger partial charge in [-0.3, -0.25) is 14.6 Å². The maximum Gasteiger partial charge on any atom is 0.231 e. The predicted molar refractivity (Wildman–Crippen MR) is 106 cm³/mol. The highest BCUT2D eigenvalue weighted by atomic mass is 16.2. The highest BCUT2D eigenvalue weighted by Gasteiger charge is 2.30. The first kappa shape index (κ1) is 19.3. The smallest absolute Gasteiger partial charge is 0.231 e. The number of piperazine rings is 1. The zero-order chi connectivity index (χ0) is 18.5. The van der Waals surface area contributed by atoms with Crippen LogP contribution in [0.25, 0.3) is 0 Å². The topological polar surface area (TPSA) is 52.8 Å². The Morgan fingerprint density at radius 3 is 2.23 bits per heavy atom. The highest BCUT2D eigenvalue weighted by molar-refractivity contribution is 5.84. The van der Waals surface area contributed by atoms with Gasteiger partial charge in [0.2, 0.25) is 5.91 Å². The van der Waals surface area contributed by atoms with Crippen molar-refractivity contribution in [1.82, 2.24) is 14.7 Å². The zero-order valence-electron chi connectivity index (χ0n) is 16.3. The van der Waals surface area contributed by atoms with Crippen LogP contribution in [0.1, 0.15) is 38.2 Å². The zero-order valence-corrected chi connectivity index (χ0v) is 16.3. The Bertz CT molecular complexity index is 561. The van der Waals surface area contributed by atoms with E-state index in [0.29, 0.717) is 18.6 Å². The van der Waals surface area contributed by atoms with Crippen molar-refractivity contribution in [3.05, 3.63) is 35.9 Å². The van der Waals surface area contributed by atoms with Crippen molar-refractivity contribution in [3.8, 4) is 0 Å². The Morgan fingerprint density at radius 1 is 1.04 bits per heavy atom. The number of carbonyl (C=O) groups is 1. The van der Waals surface area contributed by atoms with E-state index in [4.69, 9.17) is 5.73 Å². The van der Waals surface area contributed by atoms with E-state index in [9.17, 15) is 4.79 Å². The first-order chi connectivity index (χ1) is 12.6. The molecule has 0 radical (unpaired) electrons. The first-order valence-electron chi connectivity index (χ1n) is 10.1. The molecule has 0 spiro atoms. The summed E-state index contributed by atoms with van der Waals surface area (Å²) < 4.78 is 0. The summed E-state index contributed by atoms with van der Waals surface area (Å²) in [6.07, 6.45) is 2.65. The molecule has 5 nitrogen and oxygen atoms in total. The van der Waals surface area contributed by atoms with Crippen LogP contribution in [0.5, 0.6) is 0 Å². The van der Waals surface area contributed by atoms with Crippen LogP contribution >= 0.6 is 0 Å². The Balaban J connectivity index is 1.47. The third-order valence-electron chi connectivity index (χ3n) is 6.23. The van der Waals surface area contributed by atoms with Crippen LogP contribution in [0.3, 0.4) is 0 Å². The maximum absolute atomic E-state index is 12.9. The average molecular weight is 359 g/mol. The minimum atomic E-state index is -0.214. The van der Waals surface area contributed by atoms with E-state index >= 15 is 0 Å². The molecular weight excluding hydrogens is 324 g/mol. The molecule has 2 heterocycles. The van der Waals surface area contributed by atoms with Crippen molar-refractivity contribution in [3.63, 3.8) is 0 Å². The lowest BCUT2D eigenvalue weighted by Crippen LogP contribution is -2.52. The molecule has 0 aliphatic carbocycles. The number of hydrogen-bond donors (Lipinski definition) is 1. The molecule has 2 aliphatic heterocycles. The molecule has 0 aromatic heterocycles. The van der Waals surface area contributed by atoms with E-state index in [1.807, 2.05) is 35.2 Å². The quantitative estimate of drug-likeness (QED) is 0.842. The third kappa shape index (κ3) is 4.45. The summed E-state index contributed by atoms with van der Waals surface area (Å²) in [5.41, 5.74) is 6.95. The minimum absolute atomic E-state index is 0.181. The molecule has 5 heteroatoms. The van der Waals surface area contributed by atoms with E-state index in [1.54, 1.807) is 0 Å². The average Bonchev–Trinajstić information content (AvgIpc) is 2.99. The Hall–Kier alpha value is -1.43. The molecule has 2 fully saturated rings. The largest absolute Gasteiger partial charge is 0.340 e. The highest BCUT2D eigenvalue weighted by Crippen LogP contribution is 2.23. The molecule has 0 bridgehead atoms. The van der Waals surface area contributed by atoms with Gasteiger partial charge in [-0.1, -0.05) is 30.3 Å². The van der Waals surface area contributed by atoms with Crippen LogP contribution in [0.15, 0.2) is 30.3 Å². The van der Waals surface area contributed by atoms with Crippen LogP contribution < -0.4 is 5.73 Å². The fraction of sp³-hybridized carbons (Fsp3) is 0.667. The van der Waals surface area contributed by atoms with E-state index < -0.39 is 0 Å². The number of amides is 1. The van der Waals surface area contributed by atoms with Gasteiger partial charge >= 0.3 is 0 Å². The molecule has 3 rings (SSSR count). The number of rotatable bonds is 6. The Morgan fingerprint density at radius 2 is 1.65 bits per heavy atom. The van der Waals surface area contributed by atoms with Crippen molar-refractivity contribution >= 4 is 5.91 Å². The number of hydrogen-bond acceptors (Lipinski definition) is 4. The monoisotopic (exact) mass is 358 g/mol. The van der Waals surface area contributed by atoms with Crippen molar-refractivity contribution in [2.45, 2.75) is 44.7 Å². The maximum atomic E-state index is 12.9. The summed E-state index contributed by atoms with van der Waals surface area (Å²) in [6, 6.07) is 11.4. The second-order valence-corrected chi connectivity index (χ2v) is 7.88. The molecular formula is C21H34N4O. The van der Waals surface area contributed by atoms with Crippen molar-refractivity contribution in [1.29, 1.82) is 0 Å². The predicted octanol–water partition coefficient (Wildman–Crippen LogP) is 1.75. The SMILES string of the molecule is C[C@@H]1CC[C@H](C)N1CCN1CCN(C(=O)[C@@H](CN)c2ccccc2)CC1. The van der Waals surface area contributed by atoms with Gasteiger partial charge in [-0.2, -0.15) is 0 Å². The van der Waals surface area contributed by atoms with Crippen LogP contribution in [-0.4, -0.2) is 78.5 Å². The summed E-state index contributed by atoms with van der Waals surface area (Å²) in [6.45, 7) is 10.9. The fourth-order valence-corrected chi connectivity index (χ4v) is 4.42. The second-order valence-electron chi connectivity index (χ2n) is 7.88. The fourth-order valence-electron chi connectivity index (χ4n) is 4.42. The number of likely N-dealkylation sites (tertiary alicyclic amines) is 1. The molecule has 1 amide bonds. The second kappa shape index (κ2) is 8.98. The molecule has 2 N–H and O–H groups in total. The van der Waals surface area contributed by atoms with Crippen molar-refractivity contribution in [2.75, 3.05) is 45.8 Å². The lowest BCUT2D eigenvalue weighted by Gasteiger charge is -2.37. The van der Waals surface area contributed by atoms with Gasteiger partial charge in [0.05, 0.1) is 5.92 Å². The van der Waals surface area contributed by atoms with Crippen LogP contribution in [0.4, 0.5) is 0 Å². The lowest BCUT2D eigenvalue weighted by molar-refractivity contribution is -0.134. The summed E-state index contributed by atoms with van der Waals surface area (Å²) in [5, 5.41) is 0. The Labute approximate surface area is 158 Å². The van der Waals surface area contributed by atoms with E-state index in [2.05, 4.69) is 23.6 Å². The van der Waals surface area contributed by atoms with Crippen LogP contribution in [0, 0.1) is 0 Å². The van der Waals surface area contributed by atoms with Gasteiger partial charge in [-0.05, 0) is 32.3 Å². The van der Waals surface area contributed by atoms with Gasteiger partial charge in [0.1, 0.15) is 0 Å². The standard InChI is InChI=1S/C21H34N4O/c1-17-8-9-18(2)25(17)15-12-23-10-13-24(14-11-23)21(26)20(16-22)19-6-4-3-5-7-19/h3-7,17-18,20H,8-16,22H2,1-2H3/t17-,18+,20-/m0/s1. The van der Waals surface area contributed by atoms with Crippen molar-refractivity contribution < 1.29 is 4.79 Å². The summed E-state index contributed by atoms with van der Waals surface area (Å²) in [5.74, 6) is -0.0332. The molecule has 144 valence electrons. The first-order valence-corrected chi connectivity index (χ1v) is 10.1. The summed E-state index contributed by atoms with van der Waals surface area (Å²) in [4.78, 5) is 20.0.